The molecule has 0 radical (unpaired) electrons. The molecule has 1 N–H and O–H groups in total. The Morgan fingerprint density at radius 1 is 1.00 bits per heavy atom. The van der Waals surface area contributed by atoms with Crippen LogP contribution in [0.5, 0.6) is 0 Å². The maximum absolute atomic E-state index is 3.42. The van der Waals surface area contributed by atoms with Gasteiger partial charge in [0.1, 0.15) is 0 Å². The van der Waals surface area contributed by atoms with Gasteiger partial charge in [-0.2, -0.15) is 0 Å². The first-order valence-electron chi connectivity index (χ1n) is 8.01. The SMILES string of the molecule is CNC(C)C1CCN(C2CC(C)CC(C)C2)CC1. The number of nitrogens with one attached hydrogen (secondary N) is 1. The van der Waals surface area contributed by atoms with E-state index in [1.54, 1.807) is 0 Å². The molecule has 3 atom stereocenters. The molecular formula is C16H32N2. The van der Waals surface area contributed by atoms with Gasteiger partial charge in [0.2, 0.25) is 0 Å². The molecule has 18 heavy (non-hydrogen) atoms. The molecular weight excluding hydrogens is 220 g/mol. The molecule has 0 aromatic rings. The summed E-state index contributed by atoms with van der Waals surface area (Å²) in [5.41, 5.74) is 0. The molecule has 3 unspecified atom stereocenters. The second-order valence-corrected chi connectivity index (χ2v) is 7.02. The van der Waals surface area contributed by atoms with Gasteiger partial charge < -0.3 is 10.2 Å². The van der Waals surface area contributed by atoms with E-state index >= 15 is 0 Å². The summed E-state index contributed by atoms with van der Waals surface area (Å²) < 4.78 is 0. The third kappa shape index (κ3) is 3.48. The van der Waals surface area contributed by atoms with Gasteiger partial charge in [-0.1, -0.05) is 13.8 Å². The van der Waals surface area contributed by atoms with Crippen LogP contribution < -0.4 is 5.32 Å². The van der Waals surface area contributed by atoms with Gasteiger partial charge in [0.15, 0.2) is 0 Å². The highest BCUT2D eigenvalue weighted by Gasteiger charge is 2.31. The number of hydrogen-bond donors (Lipinski definition) is 1. The van der Waals surface area contributed by atoms with E-state index in [4.69, 9.17) is 0 Å². The highest BCUT2D eigenvalue weighted by atomic mass is 15.2. The highest BCUT2D eigenvalue weighted by molar-refractivity contribution is 4.86. The minimum absolute atomic E-state index is 0.691. The first-order chi connectivity index (χ1) is 8.60. The van der Waals surface area contributed by atoms with Crippen LogP contribution in [-0.2, 0) is 0 Å². The molecule has 1 heterocycles. The lowest BCUT2D eigenvalue weighted by Gasteiger charge is -2.43. The van der Waals surface area contributed by atoms with E-state index in [9.17, 15) is 0 Å². The predicted molar refractivity (Wildman–Crippen MR) is 78.8 cm³/mol. The van der Waals surface area contributed by atoms with Crippen LogP contribution in [0.4, 0.5) is 0 Å². The fourth-order valence-corrected chi connectivity index (χ4v) is 4.22. The Kier molecular flexibility index (Phi) is 5.08. The van der Waals surface area contributed by atoms with Crippen LogP contribution in [0.3, 0.4) is 0 Å². The van der Waals surface area contributed by atoms with Crippen LogP contribution in [0.25, 0.3) is 0 Å². The van der Waals surface area contributed by atoms with Crippen LogP contribution in [0, 0.1) is 17.8 Å². The molecule has 2 fully saturated rings. The second kappa shape index (κ2) is 6.38. The molecule has 0 spiro atoms. The van der Waals surface area contributed by atoms with Gasteiger partial charge in [-0.3, -0.25) is 0 Å². The number of piperidine rings is 1. The predicted octanol–water partition coefficient (Wildman–Crippen LogP) is 3.13. The minimum atomic E-state index is 0.691. The van der Waals surface area contributed by atoms with Gasteiger partial charge in [0, 0.05) is 12.1 Å². The first kappa shape index (κ1) is 14.3. The molecule has 106 valence electrons. The first-order valence-corrected chi connectivity index (χ1v) is 8.01. The molecule has 0 aromatic heterocycles. The maximum atomic E-state index is 3.42. The van der Waals surface area contributed by atoms with Crippen molar-refractivity contribution in [1.82, 2.24) is 10.2 Å². The number of nitrogens with zero attached hydrogens (tertiary/aromatic N) is 1. The van der Waals surface area contributed by atoms with Crippen molar-refractivity contribution >= 4 is 0 Å². The third-order valence-corrected chi connectivity index (χ3v) is 5.41. The van der Waals surface area contributed by atoms with Crippen LogP contribution in [0.15, 0.2) is 0 Å². The molecule has 1 aliphatic carbocycles. The largest absolute Gasteiger partial charge is 0.317 e. The average Bonchev–Trinajstić information content (AvgIpc) is 2.37. The Bertz CT molecular complexity index is 235. The smallest absolute Gasteiger partial charge is 0.0100 e. The molecule has 1 saturated carbocycles. The van der Waals surface area contributed by atoms with E-state index in [1.807, 2.05) is 0 Å². The number of hydrogen-bond acceptors (Lipinski definition) is 2. The summed E-state index contributed by atoms with van der Waals surface area (Å²) >= 11 is 0. The lowest BCUT2D eigenvalue weighted by atomic mass is 9.78. The maximum Gasteiger partial charge on any atom is 0.0100 e. The standard InChI is InChI=1S/C16H32N2/c1-12-9-13(2)11-16(10-12)18-7-5-15(6-8-18)14(3)17-4/h12-17H,5-11H2,1-4H3. The summed E-state index contributed by atoms with van der Waals surface area (Å²) in [6, 6.07) is 1.57. The van der Waals surface area contributed by atoms with E-state index in [-0.39, 0.29) is 0 Å². The highest BCUT2D eigenvalue weighted by Crippen LogP contribution is 2.33. The Balaban J connectivity index is 1.82. The van der Waals surface area contributed by atoms with Crippen molar-refractivity contribution in [1.29, 1.82) is 0 Å². The zero-order chi connectivity index (χ0) is 13.1. The molecule has 0 aromatic carbocycles. The Morgan fingerprint density at radius 2 is 1.56 bits per heavy atom. The van der Waals surface area contributed by atoms with E-state index in [0.29, 0.717) is 6.04 Å². The lowest BCUT2D eigenvalue weighted by molar-refractivity contribution is 0.0696. The molecule has 1 saturated heterocycles. The third-order valence-electron chi connectivity index (χ3n) is 5.41. The molecule has 2 rings (SSSR count). The molecule has 1 aliphatic heterocycles. The quantitative estimate of drug-likeness (QED) is 0.830. The van der Waals surface area contributed by atoms with E-state index < -0.39 is 0 Å². The summed E-state index contributed by atoms with van der Waals surface area (Å²) in [4.78, 5) is 2.80. The summed E-state index contributed by atoms with van der Waals surface area (Å²) in [5, 5.41) is 3.42. The van der Waals surface area contributed by atoms with E-state index in [2.05, 4.69) is 38.0 Å². The van der Waals surface area contributed by atoms with E-state index in [0.717, 1.165) is 23.8 Å². The van der Waals surface area contributed by atoms with Crippen molar-refractivity contribution in [3.8, 4) is 0 Å². The van der Waals surface area contributed by atoms with Crippen LogP contribution in [0.2, 0.25) is 0 Å². The van der Waals surface area contributed by atoms with Gasteiger partial charge in [0.25, 0.3) is 0 Å². The van der Waals surface area contributed by atoms with Crippen molar-refractivity contribution < 1.29 is 0 Å². The zero-order valence-corrected chi connectivity index (χ0v) is 12.8. The van der Waals surface area contributed by atoms with E-state index in [1.165, 1.54) is 45.2 Å². The molecule has 2 heteroatoms. The fourth-order valence-electron chi connectivity index (χ4n) is 4.22. The van der Waals surface area contributed by atoms with Crippen molar-refractivity contribution in [3.63, 3.8) is 0 Å². The van der Waals surface area contributed by atoms with Gasteiger partial charge in [-0.05, 0) is 76.9 Å². The molecule has 2 nitrogen and oxygen atoms in total. The van der Waals surface area contributed by atoms with Gasteiger partial charge in [0.05, 0.1) is 0 Å². The molecule has 0 amide bonds. The van der Waals surface area contributed by atoms with Crippen molar-refractivity contribution in [2.75, 3.05) is 20.1 Å². The van der Waals surface area contributed by atoms with Gasteiger partial charge >= 0.3 is 0 Å². The van der Waals surface area contributed by atoms with Gasteiger partial charge in [-0.15, -0.1) is 0 Å². The summed E-state index contributed by atoms with van der Waals surface area (Å²) in [6.45, 7) is 9.89. The normalized spacial score (nSPS) is 37.7. The fraction of sp³-hybridized carbons (Fsp3) is 1.00. The Morgan fingerprint density at radius 3 is 2.06 bits per heavy atom. The van der Waals surface area contributed by atoms with Crippen molar-refractivity contribution in [2.45, 2.75) is 65.0 Å². The number of rotatable bonds is 3. The summed E-state index contributed by atoms with van der Waals surface area (Å²) in [5.74, 6) is 2.77. The van der Waals surface area contributed by atoms with Crippen LogP contribution in [0.1, 0.15) is 52.9 Å². The van der Waals surface area contributed by atoms with Crippen LogP contribution >= 0.6 is 0 Å². The second-order valence-electron chi connectivity index (χ2n) is 7.02. The molecule has 0 bridgehead atoms. The Labute approximate surface area is 114 Å². The minimum Gasteiger partial charge on any atom is -0.317 e. The van der Waals surface area contributed by atoms with Gasteiger partial charge in [-0.25, -0.2) is 0 Å². The molecule has 2 aliphatic rings. The van der Waals surface area contributed by atoms with Crippen molar-refractivity contribution in [2.24, 2.45) is 17.8 Å². The monoisotopic (exact) mass is 252 g/mol. The Hall–Kier alpha value is -0.0800. The summed E-state index contributed by atoms with van der Waals surface area (Å²) in [7, 11) is 2.10. The summed E-state index contributed by atoms with van der Waals surface area (Å²) in [6.07, 6.45) is 7.11. The van der Waals surface area contributed by atoms with Crippen LogP contribution in [-0.4, -0.2) is 37.1 Å². The van der Waals surface area contributed by atoms with Crippen molar-refractivity contribution in [3.05, 3.63) is 0 Å². The topological polar surface area (TPSA) is 15.3 Å². The average molecular weight is 252 g/mol. The zero-order valence-electron chi connectivity index (χ0n) is 12.8. The lowest BCUT2D eigenvalue weighted by Crippen LogP contribution is -2.47. The number of likely N-dealkylation sites (tertiary alicyclic amines) is 1.